The molecule has 0 fully saturated rings. The van der Waals surface area contributed by atoms with Crippen LogP contribution in [0.15, 0.2) is 72.8 Å². The second kappa shape index (κ2) is 14.8. The Labute approximate surface area is 290 Å². The van der Waals surface area contributed by atoms with Crippen molar-refractivity contribution >= 4 is 63.1 Å². The van der Waals surface area contributed by atoms with Gasteiger partial charge < -0.3 is 14.4 Å². The Morgan fingerprint density at radius 1 is 0.979 bits per heavy atom. The lowest BCUT2D eigenvalue weighted by Gasteiger charge is -2.31. The van der Waals surface area contributed by atoms with E-state index in [0.717, 1.165) is 39.4 Å². The molecular formula is C37H38N4O4S2Si. The van der Waals surface area contributed by atoms with Crippen LogP contribution in [0.5, 0.6) is 0 Å². The topological polar surface area (TPSA) is 84.9 Å². The number of fused-ring (bicyclic) bond motifs is 2. The van der Waals surface area contributed by atoms with Crippen molar-refractivity contribution in [2.75, 3.05) is 36.8 Å². The van der Waals surface area contributed by atoms with Gasteiger partial charge in [0.1, 0.15) is 11.6 Å². The maximum atomic E-state index is 14.5. The van der Waals surface area contributed by atoms with Gasteiger partial charge in [-0.25, -0.2) is 14.8 Å². The summed E-state index contributed by atoms with van der Waals surface area (Å²) in [6, 6.07) is 24.8. The van der Waals surface area contributed by atoms with Crippen molar-refractivity contribution in [3.63, 3.8) is 0 Å². The zero-order chi connectivity index (χ0) is 33.7. The molecule has 0 atom stereocenters. The molecule has 1 amide bonds. The van der Waals surface area contributed by atoms with Crippen molar-refractivity contribution < 1.29 is 19.1 Å². The van der Waals surface area contributed by atoms with E-state index in [2.05, 4.69) is 42.4 Å². The van der Waals surface area contributed by atoms with Gasteiger partial charge >= 0.3 is 5.97 Å². The minimum absolute atomic E-state index is 0.122. The van der Waals surface area contributed by atoms with Gasteiger partial charge in [-0.3, -0.25) is 9.69 Å². The summed E-state index contributed by atoms with van der Waals surface area (Å²) in [6.07, 6.45) is 1.29. The third-order valence-corrected chi connectivity index (χ3v) is 11.9. The number of methoxy groups -OCH3 is 1. The maximum Gasteiger partial charge on any atom is 0.358 e. The molecule has 1 aliphatic heterocycles. The zero-order valence-corrected chi connectivity index (χ0v) is 30.2. The van der Waals surface area contributed by atoms with Gasteiger partial charge in [-0.15, -0.1) is 0 Å². The first-order valence-electron chi connectivity index (χ1n) is 15.9. The summed E-state index contributed by atoms with van der Waals surface area (Å²) in [6.45, 7) is 8.80. The predicted octanol–water partition coefficient (Wildman–Crippen LogP) is 7.66. The first-order valence-corrected chi connectivity index (χ1v) is 21.3. The lowest BCUT2D eigenvalue weighted by atomic mass is 9.94. The molecule has 3 aromatic carbocycles. The van der Waals surface area contributed by atoms with E-state index < -0.39 is 14.0 Å². The SMILES string of the molecule is COC(=O)c1nc(N2CCc3cccc(C(=O)N(COCC[Si](C)(C)C)c4nc5ccccc5s4)c3C2)sc1C#CCc1ccccc1. The first kappa shape index (κ1) is 33.6. The molecule has 0 radical (unpaired) electrons. The molecule has 11 heteroatoms. The normalized spacial score (nSPS) is 12.7. The van der Waals surface area contributed by atoms with Crippen molar-refractivity contribution in [1.29, 1.82) is 0 Å². The van der Waals surface area contributed by atoms with E-state index in [-0.39, 0.29) is 18.3 Å². The number of benzene rings is 3. The van der Waals surface area contributed by atoms with Crippen molar-refractivity contribution in [1.82, 2.24) is 9.97 Å². The molecule has 3 heterocycles. The number of nitrogens with zero attached hydrogens (tertiary/aromatic N) is 4. The van der Waals surface area contributed by atoms with Gasteiger partial charge in [0, 0.05) is 39.8 Å². The second-order valence-electron chi connectivity index (χ2n) is 12.8. The van der Waals surface area contributed by atoms with Crippen molar-refractivity contribution in [3.05, 3.63) is 106 Å². The molecular weight excluding hydrogens is 657 g/mol. The summed E-state index contributed by atoms with van der Waals surface area (Å²) in [5.41, 5.74) is 4.83. The number of ether oxygens (including phenoxy) is 2. The van der Waals surface area contributed by atoms with E-state index in [1.165, 1.54) is 29.8 Å². The lowest BCUT2D eigenvalue weighted by Crippen LogP contribution is -2.37. The molecule has 5 aromatic rings. The predicted molar refractivity (Wildman–Crippen MR) is 197 cm³/mol. The number of anilines is 2. The Balaban J connectivity index is 1.28. The number of hydrogen-bond donors (Lipinski definition) is 0. The largest absolute Gasteiger partial charge is 0.464 e. The van der Waals surface area contributed by atoms with Gasteiger partial charge in [-0.05, 0) is 47.4 Å². The number of thiazole rings is 2. The molecule has 8 nitrogen and oxygen atoms in total. The third kappa shape index (κ3) is 7.85. The molecule has 0 saturated heterocycles. The second-order valence-corrected chi connectivity index (χ2v) is 20.4. The fourth-order valence-corrected chi connectivity index (χ4v) is 8.05. The van der Waals surface area contributed by atoms with Crippen LogP contribution in [0, 0.1) is 11.8 Å². The van der Waals surface area contributed by atoms with Gasteiger partial charge in [0.2, 0.25) is 0 Å². The molecule has 0 spiro atoms. The van der Waals surface area contributed by atoms with Crippen molar-refractivity contribution in [2.24, 2.45) is 0 Å². The molecule has 0 saturated carbocycles. The van der Waals surface area contributed by atoms with Crippen molar-refractivity contribution in [2.45, 2.75) is 45.1 Å². The van der Waals surface area contributed by atoms with E-state index in [1.807, 2.05) is 66.7 Å². The summed E-state index contributed by atoms with van der Waals surface area (Å²) < 4.78 is 12.2. The lowest BCUT2D eigenvalue weighted by molar-refractivity contribution is 0.0594. The number of carbonyl (C=O) groups excluding carboxylic acids is 2. The Morgan fingerprint density at radius 3 is 2.54 bits per heavy atom. The highest BCUT2D eigenvalue weighted by atomic mass is 32.1. The van der Waals surface area contributed by atoms with Crippen molar-refractivity contribution in [3.8, 4) is 11.8 Å². The molecule has 0 unspecified atom stereocenters. The average molecular weight is 695 g/mol. The van der Waals surface area contributed by atoms with Crippen LogP contribution in [0.25, 0.3) is 10.2 Å². The number of para-hydroxylation sites is 1. The summed E-state index contributed by atoms with van der Waals surface area (Å²) >= 11 is 2.86. The molecule has 2 aromatic heterocycles. The van der Waals surface area contributed by atoms with Crippen LogP contribution in [0.1, 0.15) is 42.4 Å². The van der Waals surface area contributed by atoms with Crippen LogP contribution in [0.4, 0.5) is 10.3 Å². The molecule has 48 heavy (non-hydrogen) atoms. The van der Waals surface area contributed by atoms with Crippen LogP contribution in [-0.4, -0.2) is 56.9 Å². The average Bonchev–Trinajstić information content (AvgIpc) is 3.72. The van der Waals surface area contributed by atoms with E-state index in [4.69, 9.17) is 19.4 Å². The standard InChI is InChI=1S/C37H38N4O4S2Si/c1-44-35(43)33-32(19-10-14-26-12-6-5-7-13-26)47-36(39-33)40-21-20-27-15-11-16-28(29(27)24-40)34(42)41(25-45-22-23-48(2,3)4)37-38-30-17-8-9-18-31(30)46-37/h5-9,11-13,15-18H,14,20-25H2,1-4H3. The third-order valence-electron chi connectivity index (χ3n) is 8.08. The molecule has 0 aliphatic carbocycles. The minimum atomic E-state index is -1.31. The highest BCUT2D eigenvalue weighted by Gasteiger charge is 2.29. The van der Waals surface area contributed by atoms with E-state index >= 15 is 0 Å². The van der Waals surface area contributed by atoms with E-state index in [0.29, 0.717) is 46.8 Å². The van der Waals surface area contributed by atoms with Gasteiger partial charge in [0.25, 0.3) is 5.91 Å². The number of rotatable bonds is 10. The van der Waals surface area contributed by atoms with Crippen LogP contribution in [0.3, 0.4) is 0 Å². The number of amides is 1. The minimum Gasteiger partial charge on any atom is -0.464 e. The highest BCUT2D eigenvalue weighted by Crippen LogP contribution is 2.34. The van der Waals surface area contributed by atoms with Gasteiger partial charge in [-0.2, -0.15) is 0 Å². The fraction of sp³-hybridized carbons (Fsp3) is 0.297. The molecule has 0 bridgehead atoms. The summed E-state index contributed by atoms with van der Waals surface area (Å²) in [7, 11) is 0.0405. The van der Waals surface area contributed by atoms with Crippen LogP contribution < -0.4 is 9.80 Å². The monoisotopic (exact) mass is 694 g/mol. The smallest absolute Gasteiger partial charge is 0.358 e. The molecule has 246 valence electrons. The number of aromatic nitrogens is 2. The summed E-state index contributed by atoms with van der Waals surface area (Å²) in [5, 5.41) is 1.28. The fourth-order valence-electron chi connectivity index (χ4n) is 5.39. The van der Waals surface area contributed by atoms with Gasteiger partial charge in [-0.1, -0.05) is 109 Å². The highest BCUT2D eigenvalue weighted by molar-refractivity contribution is 7.22. The van der Waals surface area contributed by atoms with Gasteiger partial charge in [0.15, 0.2) is 16.0 Å². The molecule has 1 aliphatic rings. The Bertz CT molecular complexity index is 1960. The zero-order valence-electron chi connectivity index (χ0n) is 27.6. The summed E-state index contributed by atoms with van der Waals surface area (Å²) in [5.74, 6) is 5.68. The molecule has 6 rings (SSSR count). The number of esters is 1. The first-order chi connectivity index (χ1) is 23.2. The number of carbonyl (C=O) groups is 2. The van der Waals surface area contributed by atoms with Crippen LogP contribution in [0.2, 0.25) is 25.7 Å². The van der Waals surface area contributed by atoms with E-state index in [9.17, 15) is 9.59 Å². The summed E-state index contributed by atoms with van der Waals surface area (Å²) in [4.78, 5) is 41.0. The Kier molecular flexibility index (Phi) is 10.4. The number of hydrogen-bond acceptors (Lipinski definition) is 9. The van der Waals surface area contributed by atoms with Gasteiger partial charge in [0.05, 0.1) is 17.3 Å². The quantitative estimate of drug-likeness (QED) is 0.0488. The Morgan fingerprint density at radius 2 is 1.77 bits per heavy atom. The van der Waals surface area contributed by atoms with Crippen LogP contribution in [-0.2, 0) is 28.9 Å². The van der Waals surface area contributed by atoms with Crippen LogP contribution >= 0.6 is 22.7 Å². The maximum absolute atomic E-state index is 14.5. The molecule has 0 N–H and O–H groups in total. The Hall–Kier alpha value is -4.34. The van der Waals surface area contributed by atoms with E-state index in [1.54, 1.807) is 4.90 Å².